The topological polar surface area (TPSA) is 50.3 Å². The minimum Gasteiger partial charge on any atom is -0.348 e. The number of halogens is 2. The van der Waals surface area contributed by atoms with Crippen molar-refractivity contribution in [3.05, 3.63) is 75.8 Å². The number of hydrogen-bond donors (Lipinski definition) is 0. The highest BCUT2D eigenvalue weighted by molar-refractivity contribution is 7.92. The Kier molecular flexibility index (Phi) is 6.12. The van der Waals surface area contributed by atoms with Gasteiger partial charge < -0.3 is 4.90 Å². The average molecular weight is 463 g/mol. The number of sulfone groups is 1. The molecule has 0 saturated carbocycles. The van der Waals surface area contributed by atoms with Gasteiger partial charge in [0.15, 0.2) is 15.0 Å². The predicted molar refractivity (Wildman–Crippen MR) is 120 cm³/mol. The second kappa shape index (κ2) is 8.67. The Bertz CT molecular complexity index is 1180. The van der Waals surface area contributed by atoms with Crippen LogP contribution in [-0.4, -0.2) is 31.7 Å². The van der Waals surface area contributed by atoms with Gasteiger partial charge in [-0.2, -0.15) is 0 Å². The van der Waals surface area contributed by atoms with Crippen LogP contribution < -0.4 is 4.90 Å². The van der Waals surface area contributed by atoms with Crippen LogP contribution in [0.25, 0.3) is 0 Å². The monoisotopic (exact) mass is 462 g/mol. The van der Waals surface area contributed by atoms with Crippen molar-refractivity contribution in [1.29, 1.82) is 0 Å². The lowest BCUT2D eigenvalue weighted by atomic mass is 10.0. The zero-order valence-electron chi connectivity index (χ0n) is 17.4. The molecule has 0 bridgehead atoms. The Morgan fingerprint density at radius 1 is 1.06 bits per heavy atom. The van der Waals surface area contributed by atoms with Gasteiger partial charge in [0, 0.05) is 24.9 Å². The third-order valence-electron chi connectivity index (χ3n) is 5.98. The first kappa shape index (κ1) is 21.9. The molecule has 0 atom stereocenters. The Labute approximate surface area is 185 Å². The number of rotatable bonds is 5. The Morgan fingerprint density at radius 3 is 2.39 bits per heavy atom. The summed E-state index contributed by atoms with van der Waals surface area (Å²) in [6.45, 7) is 5.17. The van der Waals surface area contributed by atoms with Crippen molar-refractivity contribution in [1.82, 2.24) is 4.98 Å². The molecule has 1 aromatic heterocycles. The largest absolute Gasteiger partial charge is 0.348 e. The fraction of sp³-hybridized carbons (Fsp3) is 0.348. The number of benzene rings is 2. The molecule has 0 unspecified atom stereocenters. The SMILES string of the molecule is Cc1cccc(Cc2csc(N3CCC(S(=O)(=O)c4c(F)cccc4F)CC3)n2)c1C. The van der Waals surface area contributed by atoms with Gasteiger partial charge in [0.05, 0.1) is 10.9 Å². The number of nitrogens with zero attached hydrogens (tertiary/aromatic N) is 2. The molecule has 1 aliphatic heterocycles. The smallest absolute Gasteiger partial charge is 0.187 e. The molecule has 4 nitrogen and oxygen atoms in total. The van der Waals surface area contributed by atoms with Crippen LogP contribution in [0.2, 0.25) is 0 Å². The Hall–Kier alpha value is -2.32. The summed E-state index contributed by atoms with van der Waals surface area (Å²) >= 11 is 1.54. The van der Waals surface area contributed by atoms with E-state index in [-0.39, 0.29) is 0 Å². The number of thiazole rings is 1. The highest BCUT2D eigenvalue weighted by atomic mass is 32.2. The molecule has 164 valence electrons. The van der Waals surface area contributed by atoms with Gasteiger partial charge in [0.25, 0.3) is 0 Å². The fourth-order valence-electron chi connectivity index (χ4n) is 4.00. The number of hydrogen-bond acceptors (Lipinski definition) is 5. The summed E-state index contributed by atoms with van der Waals surface area (Å²) in [4.78, 5) is 6.00. The first-order valence-electron chi connectivity index (χ1n) is 10.2. The minimum atomic E-state index is -4.07. The van der Waals surface area contributed by atoms with E-state index in [1.54, 1.807) is 11.3 Å². The fourth-order valence-corrected chi connectivity index (χ4v) is 6.72. The zero-order chi connectivity index (χ0) is 22.2. The molecule has 4 rings (SSSR count). The average Bonchev–Trinajstić information content (AvgIpc) is 3.20. The van der Waals surface area contributed by atoms with E-state index >= 15 is 0 Å². The molecule has 31 heavy (non-hydrogen) atoms. The second-order valence-electron chi connectivity index (χ2n) is 7.94. The number of piperidine rings is 1. The third kappa shape index (κ3) is 4.36. The van der Waals surface area contributed by atoms with Gasteiger partial charge in [0.2, 0.25) is 0 Å². The van der Waals surface area contributed by atoms with E-state index in [2.05, 4.69) is 36.9 Å². The molecule has 1 saturated heterocycles. The number of anilines is 1. The third-order valence-corrected chi connectivity index (χ3v) is 9.24. The van der Waals surface area contributed by atoms with Gasteiger partial charge in [-0.05, 0) is 55.5 Å². The molecule has 0 aliphatic carbocycles. The maximum absolute atomic E-state index is 14.0. The maximum atomic E-state index is 14.0. The molecule has 8 heteroatoms. The van der Waals surface area contributed by atoms with Gasteiger partial charge >= 0.3 is 0 Å². The molecule has 0 radical (unpaired) electrons. The Balaban J connectivity index is 1.44. The molecule has 0 amide bonds. The van der Waals surface area contributed by atoms with E-state index in [4.69, 9.17) is 4.98 Å². The van der Waals surface area contributed by atoms with Crippen LogP contribution >= 0.6 is 11.3 Å². The molecule has 0 spiro atoms. The standard InChI is InChI=1S/C23H24F2N2O2S2/c1-15-5-3-6-17(16(15)2)13-18-14-30-23(26-18)27-11-9-19(10-12-27)31(28,29)22-20(24)7-4-8-21(22)25/h3-8,14,19H,9-13H2,1-2H3. The van der Waals surface area contributed by atoms with Crippen LogP contribution in [0.4, 0.5) is 13.9 Å². The van der Waals surface area contributed by atoms with Crippen LogP contribution in [0.1, 0.15) is 35.2 Å². The maximum Gasteiger partial charge on any atom is 0.187 e. The molecule has 2 aromatic carbocycles. The van der Waals surface area contributed by atoms with Crippen LogP contribution in [0.15, 0.2) is 46.7 Å². The van der Waals surface area contributed by atoms with Crippen LogP contribution in [-0.2, 0) is 16.3 Å². The molecule has 1 fully saturated rings. The van der Waals surface area contributed by atoms with E-state index in [9.17, 15) is 17.2 Å². The van der Waals surface area contributed by atoms with Crippen LogP contribution in [0, 0.1) is 25.5 Å². The molecule has 3 aromatic rings. The van der Waals surface area contributed by atoms with E-state index in [0.717, 1.165) is 29.4 Å². The highest BCUT2D eigenvalue weighted by Gasteiger charge is 2.35. The summed E-state index contributed by atoms with van der Waals surface area (Å²) in [5.41, 5.74) is 4.75. The quantitative estimate of drug-likeness (QED) is 0.531. The summed E-state index contributed by atoms with van der Waals surface area (Å²) in [5, 5.41) is 2.09. The van der Waals surface area contributed by atoms with Gasteiger partial charge in [-0.3, -0.25) is 0 Å². The van der Waals surface area contributed by atoms with Gasteiger partial charge in [-0.1, -0.05) is 24.3 Å². The summed E-state index contributed by atoms with van der Waals surface area (Å²) < 4.78 is 53.7. The van der Waals surface area contributed by atoms with E-state index in [1.165, 1.54) is 22.8 Å². The van der Waals surface area contributed by atoms with Gasteiger partial charge in [0.1, 0.15) is 16.5 Å². The Morgan fingerprint density at radius 2 is 1.71 bits per heavy atom. The van der Waals surface area contributed by atoms with E-state index in [1.807, 2.05) is 5.38 Å². The van der Waals surface area contributed by atoms with Gasteiger partial charge in [-0.25, -0.2) is 22.2 Å². The molecule has 1 aliphatic rings. The molecular weight excluding hydrogens is 438 g/mol. The summed E-state index contributed by atoms with van der Waals surface area (Å²) in [5.74, 6) is -2.06. The minimum absolute atomic E-state index is 0.308. The lowest BCUT2D eigenvalue weighted by Gasteiger charge is -2.31. The predicted octanol–water partition coefficient (Wildman–Crippen LogP) is 5.07. The van der Waals surface area contributed by atoms with Crippen molar-refractivity contribution in [2.75, 3.05) is 18.0 Å². The van der Waals surface area contributed by atoms with E-state index < -0.39 is 31.6 Å². The van der Waals surface area contributed by atoms with Crippen LogP contribution in [0.5, 0.6) is 0 Å². The van der Waals surface area contributed by atoms with Crippen molar-refractivity contribution >= 4 is 26.3 Å². The molecule has 0 N–H and O–H groups in total. The highest BCUT2D eigenvalue weighted by Crippen LogP contribution is 2.31. The number of aromatic nitrogens is 1. The molecular formula is C23H24F2N2O2S2. The normalized spacial score (nSPS) is 15.4. The lowest BCUT2D eigenvalue weighted by molar-refractivity contribution is 0.497. The summed E-state index contributed by atoms with van der Waals surface area (Å²) in [6.07, 6.45) is 1.37. The first-order chi connectivity index (χ1) is 14.8. The van der Waals surface area contributed by atoms with Gasteiger partial charge in [-0.15, -0.1) is 11.3 Å². The van der Waals surface area contributed by atoms with Crippen molar-refractivity contribution in [2.24, 2.45) is 0 Å². The first-order valence-corrected chi connectivity index (χ1v) is 12.6. The van der Waals surface area contributed by atoms with Crippen molar-refractivity contribution < 1.29 is 17.2 Å². The zero-order valence-corrected chi connectivity index (χ0v) is 19.1. The molecule has 2 heterocycles. The summed E-state index contributed by atoms with van der Waals surface area (Å²) in [7, 11) is -4.07. The number of aryl methyl sites for hydroxylation is 1. The van der Waals surface area contributed by atoms with Crippen molar-refractivity contribution in [3.63, 3.8) is 0 Å². The summed E-state index contributed by atoms with van der Waals surface area (Å²) in [6, 6.07) is 9.39. The van der Waals surface area contributed by atoms with Crippen LogP contribution in [0.3, 0.4) is 0 Å². The van der Waals surface area contributed by atoms with Crippen molar-refractivity contribution in [2.45, 2.75) is 43.3 Å². The lowest BCUT2D eigenvalue weighted by Crippen LogP contribution is -2.39. The van der Waals surface area contributed by atoms with Crippen molar-refractivity contribution in [3.8, 4) is 0 Å². The second-order valence-corrected chi connectivity index (χ2v) is 10.9. The van der Waals surface area contributed by atoms with E-state index in [0.29, 0.717) is 25.9 Å².